The Morgan fingerprint density at radius 3 is 2.92 bits per heavy atom. The van der Waals surface area contributed by atoms with E-state index in [4.69, 9.17) is 9.26 Å². The highest BCUT2D eigenvalue weighted by Gasteiger charge is 2.11. The molecular formula is C17H16N6O2. The maximum Gasteiger partial charge on any atom is 0.264 e. The first-order valence-corrected chi connectivity index (χ1v) is 7.93. The highest BCUT2D eigenvalue weighted by Crippen LogP contribution is 2.22. The molecule has 0 aliphatic heterocycles. The van der Waals surface area contributed by atoms with Crippen molar-refractivity contribution in [1.29, 1.82) is 0 Å². The molecule has 0 N–H and O–H groups in total. The third kappa shape index (κ3) is 2.93. The minimum absolute atomic E-state index is 0.173. The zero-order valence-electron chi connectivity index (χ0n) is 13.9. The van der Waals surface area contributed by atoms with Gasteiger partial charge in [-0.2, -0.15) is 4.98 Å². The summed E-state index contributed by atoms with van der Waals surface area (Å²) in [5, 5.41) is 3.89. The van der Waals surface area contributed by atoms with Gasteiger partial charge in [0.1, 0.15) is 17.3 Å². The van der Waals surface area contributed by atoms with Crippen LogP contribution in [0.2, 0.25) is 0 Å². The van der Waals surface area contributed by atoms with Crippen LogP contribution in [0.4, 0.5) is 0 Å². The van der Waals surface area contributed by atoms with Gasteiger partial charge in [-0.05, 0) is 26.0 Å². The minimum atomic E-state index is 0.173. The number of hydrogen-bond donors (Lipinski definition) is 0. The van der Waals surface area contributed by atoms with Crippen molar-refractivity contribution >= 4 is 11.0 Å². The second-order valence-corrected chi connectivity index (χ2v) is 5.44. The normalized spacial score (nSPS) is 11.1. The van der Waals surface area contributed by atoms with Crippen molar-refractivity contribution in [2.24, 2.45) is 0 Å². The molecule has 4 aromatic rings. The lowest BCUT2D eigenvalue weighted by atomic mass is 10.3. The fourth-order valence-corrected chi connectivity index (χ4v) is 2.70. The van der Waals surface area contributed by atoms with E-state index in [1.54, 1.807) is 18.6 Å². The summed E-state index contributed by atoms with van der Waals surface area (Å²) in [6.07, 6.45) is 4.75. The molecule has 4 rings (SSSR count). The van der Waals surface area contributed by atoms with E-state index in [-0.39, 0.29) is 6.61 Å². The van der Waals surface area contributed by atoms with Crippen LogP contribution >= 0.6 is 0 Å². The Morgan fingerprint density at radius 2 is 2.12 bits per heavy atom. The maximum atomic E-state index is 5.75. The number of hydrogen-bond acceptors (Lipinski definition) is 7. The van der Waals surface area contributed by atoms with E-state index in [0.717, 1.165) is 23.4 Å². The first kappa shape index (κ1) is 15.3. The second kappa shape index (κ2) is 6.31. The van der Waals surface area contributed by atoms with E-state index in [9.17, 15) is 0 Å². The molecule has 0 amide bonds. The second-order valence-electron chi connectivity index (χ2n) is 5.44. The molecule has 0 saturated heterocycles. The summed E-state index contributed by atoms with van der Waals surface area (Å²) in [6, 6.07) is 5.83. The van der Waals surface area contributed by atoms with Crippen LogP contribution in [0.1, 0.15) is 18.6 Å². The van der Waals surface area contributed by atoms with Gasteiger partial charge in [-0.1, -0.05) is 5.16 Å². The van der Waals surface area contributed by atoms with Crippen LogP contribution in [0.3, 0.4) is 0 Å². The number of rotatable bonds is 5. The van der Waals surface area contributed by atoms with Crippen LogP contribution < -0.4 is 4.74 Å². The van der Waals surface area contributed by atoms with E-state index in [1.165, 1.54) is 0 Å². The zero-order valence-corrected chi connectivity index (χ0v) is 13.9. The summed E-state index contributed by atoms with van der Waals surface area (Å²) in [6.45, 7) is 5.15. The maximum absolute atomic E-state index is 5.75. The topological polar surface area (TPSA) is 91.8 Å². The van der Waals surface area contributed by atoms with Gasteiger partial charge in [0.15, 0.2) is 6.61 Å². The Bertz CT molecular complexity index is 1010. The van der Waals surface area contributed by atoms with Crippen molar-refractivity contribution in [3.05, 3.63) is 48.5 Å². The lowest BCUT2D eigenvalue weighted by molar-refractivity contribution is 0.243. The Labute approximate surface area is 143 Å². The molecule has 8 heteroatoms. The lowest BCUT2D eigenvalue weighted by Crippen LogP contribution is -1.97. The number of benzene rings is 1. The molecule has 0 atom stereocenters. The van der Waals surface area contributed by atoms with Gasteiger partial charge in [0.2, 0.25) is 5.82 Å². The van der Waals surface area contributed by atoms with Crippen LogP contribution in [0.15, 0.2) is 41.3 Å². The molecule has 1 aromatic carbocycles. The molecule has 3 aromatic heterocycles. The third-order valence-corrected chi connectivity index (χ3v) is 3.85. The van der Waals surface area contributed by atoms with Gasteiger partial charge in [-0.25, -0.2) is 9.97 Å². The van der Waals surface area contributed by atoms with Gasteiger partial charge >= 0.3 is 0 Å². The SMILES string of the molecule is CCn1c(C)nc2cc(OCc3nc(-c4cnccn4)no3)ccc21. The van der Waals surface area contributed by atoms with Gasteiger partial charge in [0.05, 0.1) is 17.2 Å². The van der Waals surface area contributed by atoms with Crippen molar-refractivity contribution in [1.82, 2.24) is 29.7 Å². The first-order valence-electron chi connectivity index (χ1n) is 7.93. The van der Waals surface area contributed by atoms with Gasteiger partial charge in [-0.15, -0.1) is 0 Å². The average Bonchev–Trinajstić information content (AvgIpc) is 3.23. The smallest absolute Gasteiger partial charge is 0.264 e. The monoisotopic (exact) mass is 336 g/mol. The lowest BCUT2D eigenvalue weighted by Gasteiger charge is -2.04. The Balaban J connectivity index is 1.50. The van der Waals surface area contributed by atoms with Crippen LogP contribution in [0.5, 0.6) is 5.75 Å². The molecule has 0 saturated carbocycles. The van der Waals surface area contributed by atoms with Gasteiger partial charge in [0.25, 0.3) is 5.89 Å². The van der Waals surface area contributed by atoms with Crippen LogP contribution in [0, 0.1) is 6.92 Å². The molecule has 0 aliphatic rings. The summed E-state index contributed by atoms with van der Waals surface area (Å²) in [7, 11) is 0. The predicted molar refractivity (Wildman–Crippen MR) is 89.8 cm³/mol. The Kier molecular flexibility index (Phi) is 3.85. The summed E-state index contributed by atoms with van der Waals surface area (Å²) >= 11 is 0. The van der Waals surface area contributed by atoms with Crippen molar-refractivity contribution in [3.63, 3.8) is 0 Å². The first-order chi connectivity index (χ1) is 12.2. The van der Waals surface area contributed by atoms with Crippen molar-refractivity contribution in [2.75, 3.05) is 0 Å². The third-order valence-electron chi connectivity index (χ3n) is 3.85. The molecular weight excluding hydrogens is 320 g/mol. The number of fused-ring (bicyclic) bond motifs is 1. The highest BCUT2D eigenvalue weighted by atomic mass is 16.5. The zero-order chi connectivity index (χ0) is 17.2. The molecule has 25 heavy (non-hydrogen) atoms. The van der Waals surface area contributed by atoms with E-state index in [1.807, 2.05) is 25.1 Å². The fraction of sp³-hybridized carbons (Fsp3) is 0.235. The van der Waals surface area contributed by atoms with Gasteiger partial charge < -0.3 is 13.8 Å². The summed E-state index contributed by atoms with van der Waals surface area (Å²) in [5.74, 6) is 2.45. The number of aryl methyl sites for hydroxylation is 2. The molecule has 0 spiro atoms. The quantitative estimate of drug-likeness (QED) is 0.553. The van der Waals surface area contributed by atoms with E-state index >= 15 is 0 Å². The van der Waals surface area contributed by atoms with E-state index in [0.29, 0.717) is 23.2 Å². The van der Waals surface area contributed by atoms with Gasteiger partial charge in [0, 0.05) is 25.0 Å². The van der Waals surface area contributed by atoms with Crippen molar-refractivity contribution in [2.45, 2.75) is 27.0 Å². The highest BCUT2D eigenvalue weighted by molar-refractivity contribution is 5.77. The molecule has 0 unspecified atom stereocenters. The van der Waals surface area contributed by atoms with Crippen molar-refractivity contribution in [3.8, 4) is 17.3 Å². The predicted octanol–water partition coefficient (Wildman–Crippen LogP) is 2.78. The standard InChI is InChI=1S/C17H16N6O2/c1-3-23-11(2)20-13-8-12(4-5-15(13)23)24-10-16-21-17(22-25-16)14-9-18-6-7-19-14/h4-9H,3,10H2,1-2H3. The number of ether oxygens (including phenoxy) is 1. The Hall–Kier alpha value is -3.29. The molecule has 0 radical (unpaired) electrons. The molecule has 0 fully saturated rings. The molecule has 8 nitrogen and oxygen atoms in total. The minimum Gasteiger partial charge on any atom is -0.484 e. The summed E-state index contributed by atoms with van der Waals surface area (Å²) < 4.78 is 13.1. The van der Waals surface area contributed by atoms with Gasteiger partial charge in [-0.3, -0.25) is 4.98 Å². The van der Waals surface area contributed by atoms with Crippen LogP contribution in [-0.4, -0.2) is 29.7 Å². The molecule has 0 aliphatic carbocycles. The van der Waals surface area contributed by atoms with Crippen molar-refractivity contribution < 1.29 is 9.26 Å². The number of nitrogens with zero attached hydrogens (tertiary/aromatic N) is 6. The van der Waals surface area contributed by atoms with E-state index in [2.05, 4.69) is 36.6 Å². The number of imidazole rings is 1. The molecule has 0 bridgehead atoms. The summed E-state index contributed by atoms with van der Waals surface area (Å²) in [4.78, 5) is 16.9. The molecule has 126 valence electrons. The largest absolute Gasteiger partial charge is 0.484 e. The molecule has 3 heterocycles. The van der Waals surface area contributed by atoms with Crippen LogP contribution in [0.25, 0.3) is 22.6 Å². The fourth-order valence-electron chi connectivity index (χ4n) is 2.70. The number of aromatic nitrogens is 6. The van der Waals surface area contributed by atoms with E-state index < -0.39 is 0 Å². The summed E-state index contributed by atoms with van der Waals surface area (Å²) in [5.41, 5.74) is 2.55. The van der Waals surface area contributed by atoms with Crippen LogP contribution in [-0.2, 0) is 13.2 Å². The Morgan fingerprint density at radius 1 is 1.20 bits per heavy atom. The average molecular weight is 336 g/mol.